The van der Waals surface area contributed by atoms with Gasteiger partial charge in [0.25, 0.3) is 0 Å². The quantitative estimate of drug-likeness (QED) is 0.644. The van der Waals surface area contributed by atoms with Crippen molar-refractivity contribution in [1.29, 1.82) is 0 Å². The van der Waals surface area contributed by atoms with Gasteiger partial charge in [-0.05, 0) is 25.5 Å². The van der Waals surface area contributed by atoms with Crippen LogP contribution in [0.4, 0.5) is 0 Å². The van der Waals surface area contributed by atoms with Gasteiger partial charge in [-0.15, -0.1) is 0 Å². The number of nitrogens with zero attached hydrogens (tertiary/aromatic N) is 1. The number of carbonyl (C=O) groups excluding carboxylic acids is 1. The van der Waals surface area contributed by atoms with Crippen LogP contribution in [0.3, 0.4) is 0 Å². The van der Waals surface area contributed by atoms with Crippen molar-refractivity contribution in [1.82, 2.24) is 0 Å². The minimum atomic E-state index is 0.322. The first-order valence-electron chi connectivity index (χ1n) is 6.48. The largest absolute Gasteiger partial charge is 0.300 e. The van der Waals surface area contributed by atoms with E-state index in [1.54, 1.807) is 0 Å². The van der Waals surface area contributed by atoms with Gasteiger partial charge in [0.05, 0.1) is 0 Å². The second-order valence-electron chi connectivity index (χ2n) is 4.26. The van der Waals surface area contributed by atoms with Gasteiger partial charge in [-0.2, -0.15) is 0 Å². The van der Waals surface area contributed by atoms with Gasteiger partial charge in [0, 0.05) is 30.7 Å². The normalized spacial score (nSPS) is 15.9. The molecule has 0 bridgehead atoms. The van der Waals surface area contributed by atoms with Crippen molar-refractivity contribution in [3.63, 3.8) is 0 Å². The molecule has 0 saturated heterocycles. The molecular formula is C16H21NO. The van der Waals surface area contributed by atoms with Gasteiger partial charge in [-0.25, -0.2) is 0 Å². The summed E-state index contributed by atoms with van der Waals surface area (Å²) >= 11 is 0. The molecule has 1 heterocycles. The average Bonchev–Trinajstić information content (AvgIpc) is 2.57. The SMILES string of the molecule is CCC(=O)CC/C=C/C=C/C1=NC(C)=CC=CC1. The zero-order valence-electron chi connectivity index (χ0n) is 11.2. The molecular weight excluding hydrogens is 222 g/mol. The Balaban J connectivity index is 2.36. The fourth-order valence-corrected chi connectivity index (χ4v) is 1.57. The fraction of sp³-hybridized carbons (Fsp3) is 0.375. The van der Waals surface area contributed by atoms with Crippen LogP contribution in [-0.4, -0.2) is 11.5 Å². The van der Waals surface area contributed by atoms with Gasteiger partial charge in [-0.3, -0.25) is 9.79 Å². The number of hydrogen-bond donors (Lipinski definition) is 0. The molecule has 1 aliphatic rings. The maximum absolute atomic E-state index is 11.1. The highest BCUT2D eigenvalue weighted by Crippen LogP contribution is 2.05. The number of rotatable bonds is 6. The second kappa shape index (κ2) is 8.40. The zero-order valence-corrected chi connectivity index (χ0v) is 11.2. The molecule has 0 unspecified atom stereocenters. The second-order valence-corrected chi connectivity index (χ2v) is 4.26. The maximum Gasteiger partial charge on any atom is 0.132 e. The third-order valence-electron chi connectivity index (χ3n) is 2.64. The predicted molar refractivity (Wildman–Crippen MR) is 77.8 cm³/mol. The molecule has 0 aromatic rings. The van der Waals surface area contributed by atoms with Crippen molar-refractivity contribution in [3.8, 4) is 0 Å². The van der Waals surface area contributed by atoms with Crippen LogP contribution >= 0.6 is 0 Å². The highest BCUT2D eigenvalue weighted by atomic mass is 16.1. The molecule has 0 aliphatic carbocycles. The molecule has 0 aromatic carbocycles. The molecule has 0 radical (unpaired) electrons. The van der Waals surface area contributed by atoms with Crippen molar-refractivity contribution in [2.24, 2.45) is 4.99 Å². The predicted octanol–water partition coefficient (Wildman–Crippen LogP) is 4.16. The Hall–Kier alpha value is -1.70. The Kier molecular flexibility index (Phi) is 6.70. The van der Waals surface area contributed by atoms with Gasteiger partial charge in [0.15, 0.2) is 0 Å². The van der Waals surface area contributed by atoms with Crippen LogP contribution < -0.4 is 0 Å². The van der Waals surface area contributed by atoms with Crippen molar-refractivity contribution in [2.45, 2.75) is 39.5 Å². The lowest BCUT2D eigenvalue weighted by atomic mass is 10.1. The zero-order chi connectivity index (χ0) is 13.2. The van der Waals surface area contributed by atoms with Crippen LogP contribution in [0.25, 0.3) is 0 Å². The summed E-state index contributed by atoms with van der Waals surface area (Å²) in [5.74, 6) is 0.322. The van der Waals surface area contributed by atoms with Crippen LogP contribution in [0, 0.1) is 0 Å². The number of aliphatic imine (C=N–C) groups is 1. The van der Waals surface area contributed by atoms with Crippen LogP contribution in [-0.2, 0) is 4.79 Å². The molecule has 0 saturated carbocycles. The topological polar surface area (TPSA) is 29.4 Å². The first kappa shape index (κ1) is 14.4. The number of ketones is 1. The van der Waals surface area contributed by atoms with Gasteiger partial charge in [-0.1, -0.05) is 37.3 Å². The van der Waals surface area contributed by atoms with E-state index in [-0.39, 0.29) is 0 Å². The summed E-state index contributed by atoms with van der Waals surface area (Å²) in [5.41, 5.74) is 2.09. The number of Topliss-reactive ketones (excluding diaryl/α,β-unsaturated/α-hetero) is 1. The van der Waals surface area contributed by atoms with Crippen molar-refractivity contribution < 1.29 is 4.79 Å². The summed E-state index contributed by atoms with van der Waals surface area (Å²) < 4.78 is 0. The van der Waals surface area contributed by atoms with E-state index in [2.05, 4.69) is 11.1 Å². The molecule has 2 heteroatoms. The summed E-state index contributed by atoms with van der Waals surface area (Å²) in [7, 11) is 0. The molecule has 1 rings (SSSR count). The minimum absolute atomic E-state index is 0.322. The molecule has 0 amide bonds. The molecule has 1 aliphatic heterocycles. The van der Waals surface area contributed by atoms with E-state index in [1.165, 1.54) is 0 Å². The Morgan fingerprint density at radius 3 is 3.06 bits per heavy atom. The molecule has 96 valence electrons. The number of allylic oxidation sites excluding steroid dienone is 8. The van der Waals surface area contributed by atoms with Crippen molar-refractivity contribution in [3.05, 3.63) is 48.2 Å². The Labute approximate surface area is 110 Å². The Morgan fingerprint density at radius 2 is 2.28 bits per heavy atom. The Bertz CT molecular complexity index is 422. The standard InChI is InChI=1S/C16H21NO/c1-3-16(18)13-7-5-4-6-11-15-12-9-8-10-14(2)17-15/h4-6,8-11H,3,7,12-13H2,1-2H3/b5-4+,11-6+. The van der Waals surface area contributed by atoms with Crippen LogP contribution in [0.1, 0.15) is 39.5 Å². The van der Waals surface area contributed by atoms with Gasteiger partial charge in [0.1, 0.15) is 5.78 Å². The van der Waals surface area contributed by atoms with E-state index in [9.17, 15) is 4.79 Å². The summed E-state index contributed by atoms with van der Waals surface area (Å²) in [4.78, 5) is 15.6. The maximum atomic E-state index is 11.1. The fourth-order valence-electron chi connectivity index (χ4n) is 1.57. The van der Waals surface area contributed by atoms with E-state index in [1.807, 2.05) is 50.3 Å². The first-order chi connectivity index (χ1) is 8.72. The highest BCUT2D eigenvalue weighted by Gasteiger charge is 1.95. The summed E-state index contributed by atoms with van der Waals surface area (Å²) in [6.45, 7) is 3.90. The summed E-state index contributed by atoms with van der Waals surface area (Å²) in [6.07, 6.45) is 17.1. The smallest absolute Gasteiger partial charge is 0.132 e. The summed E-state index contributed by atoms with van der Waals surface area (Å²) in [6, 6.07) is 0. The number of hydrogen-bond acceptors (Lipinski definition) is 2. The molecule has 0 spiro atoms. The molecule has 0 fully saturated rings. The van der Waals surface area contributed by atoms with Gasteiger partial charge < -0.3 is 0 Å². The monoisotopic (exact) mass is 243 g/mol. The molecule has 0 aromatic heterocycles. The van der Waals surface area contributed by atoms with Crippen molar-refractivity contribution >= 4 is 11.5 Å². The molecule has 18 heavy (non-hydrogen) atoms. The summed E-state index contributed by atoms with van der Waals surface area (Å²) in [5, 5.41) is 0. The average molecular weight is 243 g/mol. The van der Waals surface area contributed by atoms with Crippen molar-refractivity contribution in [2.75, 3.05) is 0 Å². The Morgan fingerprint density at radius 1 is 1.44 bits per heavy atom. The van der Waals surface area contributed by atoms with Crippen LogP contribution in [0.5, 0.6) is 0 Å². The molecule has 0 N–H and O–H groups in total. The molecule has 0 atom stereocenters. The lowest BCUT2D eigenvalue weighted by molar-refractivity contribution is -0.118. The van der Waals surface area contributed by atoms with Gasteiger partial charge in [0.2, 0.25) is 0 Å². The third kappa shape index (κ3) is 6.14. The third-order valence-corrected chi connectivity index (χ3v) is 2.64. The highest BCUT2D eigenvalue weighted by molar-refractivity contribution is 5.97. The number of carbonyl (C=O) groups is 1. The van der Waals surface area contributed by atoms with E-state index in [0.29, 0.717) is 18.6 Å². The lowest BCUT2D eigenvalue weighted by Gasteiger charge is -1.94. The molecule has 2 nitrogen and oxygen atoms in total. The van der Waals surface area contributed by atoms with Crippen LogP contribution in [0.15, 0.2) is 53.2 Å². The lowest BCUT2D eigenvalue weighted by Crippen LogP contribution is -1.92. The first-order valence-corrected chi connectivity index (χ1v) is 6.48. The van der Waals surface area contributed by atoms with E-state index in [4.69, 9.17) is 0 Å². The van der Waals surface area contributed by atoms with E-state index < -0.39 is 0 Å². The van der Waals surface area contributed by atoms with E-state index >= 15 is 0 Å². The van der Waals surface area contributed by atoms with Gasteiger partial charge >= 0.3 is 0 Å². The van der Waals surface area contributed by atoms with E-state index in [0.717, 1.165) is 24.3 Å². The minimum Gasteiger partial charge on any atom is -0.300 e. The van der Waals surface area contributed by atoms with Crippen LogP contribution in [0.2, 0.25) is 0 Å².